The number of fused-ring (bicyclic) bond motifs is 1. The number of carbonyl (C=O) groups excluding carboxylic acids is 9. The Morgan fingerprint density at radius 3 is 1.65 bits per heavy atom. The second-order valence-corrected chi connectivity index (χ2v) is 28.1. The van der Waals surface area contributed by atoms with Gasteiger partial charge in [0.05, 0.1) is 30.3 Å². The van der Waals surface area contributed by atoms with Crippen molar-refractivity contribution >= 4 is 98.1 Å². The summed E-state index contributed by atoms with van der Waals surface area (Å²) >= 11 is 4.08. The van der Waals surface area contributed by atoms with Gasteiger partial charge >= 0.3 is 6.03 Å². The minimum absolute atomic E-state index is 0.0505. The predicted molar refractivity (Wildman–Crippen MR) is 361 cm³/mol. The van der Waals surface area contributed by atoms with E-state index >= 15 is 0 Å². The van der Waals surface area contributed by atoms with Crippen molar-refractivity contribution in [2.75, 3.05) is 63.2 Å². The second kappa shape index (κ2) is 35.0. The molecule has 5 saturated heterocycles. The van der Waals surface area contributed by atoms with E-state index in [2.05, 4.69) is 67.0 Å². The van der Waals surface area contributed by atoms with Crippen molar-refractivity contribution in [1.29, 1.82) is 0 Å². The monoisotopic (exact) mass is 1350 g/mol. The summed E-state index contributed by atoms with van der Waals surface area (Å²) in [5, 5.41) is 46.5. The van der Waals surface area contributed by atoms with E-state index in [-0.39, 0.29) is 83.3 Å². The standard InChI is InChI=1S/C40H58N10O6S2.C25H34N6O4S/c1-25(41-2)36(53)44-34(39(55)50-21-11-14-29(50)37(54)46-38-33(47-48-58-38)26-12-5-3-6-13-26)27-18-22-49(23-19-27)32(52)17-7-4-10-20-42-31(51)16-9-8-15-30-35-28(24-57-30)43-40(56)45-35;1-15(26-2)22(33)27-21(17-10-12-18(32)13-11-17)25(35)31-14-6-9-19(31)23(34)28-24-20(29-30-36-24)16-7-4-3-5-8-16/h3,5-6,12-13,25,27-30,34-35,41H,4,7-11,14-24H2,1-2H3,(H,42,51)(H,44,53)(H,46,54)(H2,43,45,56);3-5,7-8,15,17-19,21,26,32H,6,9-14H2,1-2H3,(H,27,33)(H,28,34)/t25-,28-,29-,30?,34-,35-;15-,17?,18?,19-,21-/m00/s1. The molecule has 1 unspecified atom stereocenters. The summed E-state index contributed by atoms with van der Waals surface area (Å²) in [4.78, 5) is 123. The van der Waals surface area contributed by atoms with Gasteiger partial charge in [0.1, 0.15) is 45.6 Å². The molecule has 7 heterocycles. The highest BCUT2D eigenvalue weighted by atomic mass is 32.2. The number of piperidine rings is 1. The van der Waals surface area contributed by atoms with Gasteiger partial charge in [-0.1, -0.05) is 82.5 Å². The smallest absolute Gasteiger partial charge is 0.315 e. The zero-order valence-electron chi connectivity index (χ0n) is 54.1. The largest absolute Gasteiger partial charge is 0.393 e. The molecule has 10 rings (SSSR count). The average Bonchev–Trinajstić information content (AvgIpc) is 1.54. The van der Waals surface area contributed by atoms with Crippen LogP contribution in [-0.4, -0.2) is 205 Å². The van der Waals surface area contributed by atoms with Gasteiger partial charge in [-0.25, -0.2) is 4.79 Å². The molecular weight excluding hydrogens is 1260 g/mol. The van der Waals surface area contributed by atoms with E-state index in [0.29, 0.717) is 136 Å². The lowest BCUT2D eigenvalue weighted by Crippen LogP contribution is -2.58. The lowest BCUT2D eigenvalue weighted by atomic mass is 9.81. The number of anilines is 2. The number of urea groups is 1. The molecule has 29 heteroatoms. The summed E-state index contributed by atoms with van der Waals surface area (Å²) in [7, 11) is 3.38. The zero-order valence-corrected chi connectivity index (χ0v) is 56.6. The first-order valence-electron chi connectivity index (χ1n) is 33.4. The van der Waals surface area contributed by atoms with Crippen LogP contribution in [0.2, 0.25) is 0 Å². The Hall–Kier alpha value is -7.18. The number of hydrogen-bond donors (Lipinski definition) is 10. The molecule has 1 aliphatic carbocycles. The molecule has 94 heavy (non-hydrogen) atoms. The number of rotatable bonds is 27. The first-order valence-corrected chi connectivity index (χ1v) is 36.0. The van der Waals surface area contributed by atoms with Crippen LogP contribution in [0, 0.1) is 11.8 Å². The van der Waals surface area contributed by atoms with Crippen LogP contribution in [-0.2, 0) is 38.4 Å². The summed E-state index contributed by atoms with van der Waals surface area (Å²) in [6, 6.07) is 15.4. The number of likely N-dealkylation sites (N-methyl/N-ethyl adjacent to an activating group) is 2. The molecular formula is C65H92N16O10S3. The number of aliphatic hydroxyl groups excluding tert-OH is 1. The summed E-state index contributed by atoms with van der Waals surface area (Å²) < 4.78 is 8.06. The lowest BCUT2D eigenvalue weighted by Gasteiger charge is -2.38. The number of benzene rings is 2. The van der Waals surface area contributed by atoms with Crippen molar-refractivity contribution < 1.29 is 48.3 Å². The third-order valence-corrected chi connectivity index (χ3v) is 21.8. The predicted octanol–water partition coefficient (Wildman–Crippen LogP) is 4.65. The lowest BCUT2D eigenvalue weighted by molar-refractivity contribution is -0.143. The fraction of sp³-hybridized carbons (Fsp3) is 0.615. The highest BCUT2D eigenvalue weighted by molar-refractivity contribution is 8.00. The number of carbonyl (C=O) groups is 9. The third kappa shape index (κ3) is 18.8. The number of nitrogens with one attached hydrogen (secondary N) is 9. The highest BCUT2D eigenvalue weighted by Gasteiger charge is 2.45. The summed E-state index contributed by atoms with van der Waals surface area (Å²) in [5.74, 6) is -0.898. The molecule has 0 spiro atoms. The molecule has 5 aliphatic heterocycles. The number of nitrogens with zero attached hydrogens (tertiary/aromatic N) is 7. The number of thioether (sulfide) groups is 1. The molecule has 26 nitrogen and oxygen atoms in total. The van der Waals surface area contributed by atoms with E-state index in [0.717, 1.165) is 78.5 Å². The molecule has 0 bridgehead atoms. The van der Waals surface area contributed by atoms with Crippen LogP contribution < -0.4 is 47.9 Å². The molecule has 2 aromatic heterocycles. The minimum atomic E-state index is -0.832. The first-order chi connectivity index (χ1) is 45.5. The Balaban J connectivity index is 0.000000247. The van der Waals surface area contributed by atoms with Crippen molar-refractivity contribution in [3.05, 3.63) is 60.7 Å². The van der Waals surface area contributed by atoms with Crippen LogP contribution in [0.1, 0.15) is 129 Å². The van der Waals surface area contributed by atoms with Crippen LogP contribution >= 0.6 is 34.8 Å². The maximum atomic E-state index is 14.3. The Bertz CT molecular complexity index is 3200. The molecule has 10 amide bonds. The summed E-state index contributed by atoms with van der Waals surface area (Å²) in [5.41, 5.74) is 2.84. The minimum Gasteiger partial charge on any atom is -0.393 e. The van der Waals surface area contributed by atoms with Gasteiger partial charge in [-0.3, -0.25) is 38.4 Å². The van der Waals surface area contributed by atoms with Gasteiger partial charge in [0.2, 0.25) is 47.3 Å². The number of hydrogen-bond acceptors (Lipinski definition) is 19. The Morgan fingerprint density at radius 1 is 0.617 bits per heavy atom. The van der Waals surface area contributed by atoms with Crippen molar-refractivity contribution in [2.24, 2.45) is 11.8 Å². The van der Waals surface area contributed by atoms with Crippen LogP contribution in [0.15, 0.2) is 60.7 Å². The summed E-state index contributed by atoms with van der Waals surface area (Å²) in [6.07, 6.45) is 11.6. The van der Waals surface area contributed by atoms with Crippen molar-refractivity contribution in [1.82, 2.24) is 71.1 Å². The normalized spacial score (nSPS) is 23.1. The maximum Gasteiger partial charge on any atom is 0.315 e. The molecule has 6 fully saturated rings. The topological polar surface area (TPSA) is 343 Å². The Morgan fingerprint density at radius 2 is 1.13 bits per heavy atom. The molecule has 1 saturated carbocycles. The molecule has 4 aromatic rings. The fourth-order valence-electron chi connectivity index (χ4n) is 13.3. The van der Waals surface area contributed by atoms with E-state index in [1.165, 1.54) is 0 Å². The van der Waals surface area contributed by atoms with Crippen molar-refractivity contribution in [3.8, 4) is 22.5 Å². The van der Waals surface area contributed by atoms with Gasteiger partial charge in [-0.2, -0.15) is 11.8 Å². The van der Waals surface area contributed by atoms with Crippen molar-refractivity contribution in [3.63, 3.8) is 0 Å². The molecule has 2 aromatic carbocycles. The molecule has 6 aliphatic rings. The number of unbranched alkanes of at least 4 members (excludes halogenated alkanes) is 3. The van der Waals surface area contributed by atoms with Crippen LogP contribution in [0.4, 0.5) is 14.8 Å². The van der Waals surface area contributed by atoms with Gasteiger partial charge in [-0.05, 0) is 130 Å². The van der Waals surface area contributed by atoms with E-state index in [1.807, 2.05) is 77.3 Å². The number of likely N-dealkylation sites (tertiary alicyclic amines) is 3. The maximum absolute atomic E-state index is 14.3. The SMILES string of the molecule is CN[C@@H](C)C(=O)N[C@H](C(=O)N1CCC[C@H]1C(=O)Nc1snnc1-c1ccccc1)C1CCC(O)CC1.CN[C@@H](C)C(=O)N[C@H](C(=O)N1CCC[C@H]1C(=O)Nc1snnc1-c1ccccc1)C1CCN(C(=O)CCCCCNC(=O)CCCCC2SC[C@@H]3NC(=O)N[C@H]23)CC1. The van der Waals surface area contributed by atoms with Crippen LogP contribution in [0.3, 0.4) is 0 Å². The molecule has 10 N–H and O–H groups in total. The highest BCUT2D eigenvalue weighted by Crippen LogP contribution is 2.36. The fourth-order valence-corrected chi connectivity index (χ4v) is 16.0. The van der Waals surface area contributed by atoms with Gasteiger partial charge in [0, 0.05) is 90.8 Å². The first kappa shape index (κ1) is 71.1. The van der Waals surface area contributed by atoms with Gasteiger partial charge in [0.25, 0.3) is 0 Å². The molecule has 0 radical (unpaired) electrons. The van der Waals surface area contributed by atoms with E-state index in [4.69, 9.17) is 0 Å². The quantitative estimate of drug-likeness (QED) is 0.0287. The number of aromatic nitrogens is 4. The second-order valence-electron chi connectivity index (χ2n) is 25.3. The Labute approximate surface area is 561 Å². The van der Waals surface area contributed by atoms with Gasteiger partial charge in [0.15, 0.2) is 0 Å². The van der Waals surface area contributed by atoms with E-state index in [9.17, 15) is 48.3 Å². The number of aliphatic hydroxyl groups is 1. The molecule has 9 atom stereocenters. The van der Waals surface area contributed by atoms with Gasteiger partial charge < -0.3 is 67.7 Å². The van der Waals surface area contributed by atoms with Crippen LogP contribution in [0.5, 0.6) is 0 Å². The van der Waals surface area contributed by atoms with Crippen LogP contribution in [0.25, 0.3) is 22.5 Å². The Kier molecular flexibility index (Phi) is 26.5. The molecule has 510 valence electrons. The number of amides is 10. The van der Waals surface area contributed by atoms with Gasteiger partial charge in [-0.15, -0.1) is 10.2 Å². The van der Waals surface area contributed by atoms with E-state index < -0.39 is 36.3 Å². The van der Waals surface area contributed by atoms with E-state index in [1.54, 1.807) is 37.7 Å². The average molecular weight is 1350 g/mol. The summed E-state index contributed by atoms with van der Waals surface area (Å²) in [6.45, 7) is 5.88. The van der Waals surface area contributed by atoms with Crippen molar-refractivity contribution in [2.45, 2.75) is 189 Å². The zero-order chi connectivity index (χ0) is 66.7. The third-order valence-electron chi connectivity index (χ3n) is 19.0.